The molecule has 0 heterocycles. The van der Waals surface area contributed by atoms with Crippen molar-refractivity contribution in [3.05, 3.63) is 0 Å². The summed E-state index contributed by atoms with van der Waals surface area (Å²) in [6.45, 7) is 7.10. The van der Waals surface area contributed by atoms with E-state index in [1.165, 1.54) is 0 Å². The Hall–Kier alpha value is -0.160. The minimum atomic E-state index is -0.568. The maximum Gasteiger partial charge on any atom is 0.0571 e. The van der Waals surface area contributed by atoms with Crippen LogP contribution in [0.1, 0.15) is 27.7 Å². The molecule has 10 heavy (non-hydrogen) atoms. The van der Waals surface area contributed by atoms with Gasteiger partial charge in [0.05, 0.1) is 11.1 Å². The Bertz CT molecular complexity index is 98.3. The van der Waals surface area contributed by atoms with Gasteiger partial charge in [0.2, 0.25) is 0 Å². The smallest absolute Gasteiger partial charge is 0.0571 e. The second kappa shape index (κ2) is 2.84. The highest BCUT2D eigenvalue weighted by atomic mass is 16.5. The number of nitrogens with one attached hydrogen (secondary N) is 2. The van der Waals surface area contributed by atoms with Crippen molar-refractivity contribution in [2.24, 2.45) is 0 Å². The second-order valence-corrected chi connectivity index (χ2v) is 3.47. The third-order valence-electron chi connectivity index (χ3n) is 2.12. The predicted molar refractivity (Wildman–Crippen MR) is 38.0 cm³/mol. The molecule has 4 heteroatoms. The molecule has 0 saturated heterocycles. The van der Waals surface area contributed by atoms with Gasteiger partial charge < -0.3 is 10.4 Å². The molecule has 0 spiro atoms. The third kappa shape index (κ3) is 1.67. The number of hydroxylamine groups is 2. The van der Waals surface area contributed by atoms with Crippen LogP contribution in [0.3, 0.4) is 0 Å². The summed E-state index contributed by atoms with van der Waals surface area (Å²) in [6.07, 6.45) is 0. The first-order valence-electron chi connectivity index (χ1n) is 3.20. The fraction of sp³-hybridized carbons (Fsp3) is 1.00. The first-order chi connectivity index (χ1) is 4.37. The normalized spacial score (nSPS) is 13.8. The van der Waals surface area contributed by atoms with Gasteiger partial charge in [-0.05, 0) is 27.7 Å². The second-order valence-electron chi connectivity index (χ2n) is 3.47. The molecule has 0 aliphatic heterocycles. The number of hydrogen-bond acceptors (Lipinski definition) is 4. The Balaban J connectivity index is 4.28. The Morgan fingerprint density at radius 2 is 1.00 bits per heavy atom. The molecule has 0 aliphatic rings. The van der Waals surface area contributed by atoms with E-state index in [9.17, 15) is 0 Å². The number of hydrogen-bond donors (Lipinski definition) is 4. The maximum absolute atomic E-state index is 8.66. The van der Waals surface area contributed by atoms with E-state index in [1.807, 2.05) is 0 Å². The average Bonchev–Trinajstić information content (AvgIpc) is 1.88. The molecule has 0 aromatic heterocycles. The molecule has 4 N–H and O–H groups in total. The molecule has 0 rings (SSSR count). The Kier molecular flexibility index (Phi) is 2.79. The molecule has 0 amide bonds. The first-order valence-corrected chi connectivity index (χ1v) is 3.20. The lowest BCUT2D eigenvalue weighted by molar-refractivity contribution is -0.0285. The minimum absolute atomic E-state index is 0.568. The maximum atomic E-state index is 8.66. The summed E-state index contributed by atoms with van der Waals surface area (Å²) >= 11 is 0. The molecule has 0 unspecified atom stereocenters. The van der Waals surface area contributed by atoms with Gasteiger partial charge in [0.15, 0.2) is 0 Å². The average molecular weight is 148 g/mol. The van der Waals surface area contributed by atoms with E-state index in [-0.39, 0.29) is 0 Å². The minimum Gasteiger partial charge on any atom is -0.316 e. The fourth-order valence-corrected chi connectivity index (χ4v) is 0.280. The zero-order valence-corrected chi connectivity index (χ0v) is 6.89. The molecule has 0 aliphatic carbocycles. The van der Waals surface area contributed by atoms with Gasteiger partial charge >= 0.3 is 0 Å². The molecule has 4 nitrogen and oxygen atoms in total. The van der Waals surface area contributed by atoms with E-state index < -0.39 is 11.1 Å². The summed E-state index contributed by atoms with van der Waals surface area (Å²) in [7, 11) is 0. The van der Waals surface area contributed by atoms with Gasteiger partial charge in [0, 0.05) is 0 Å². The van der Waals surface area contributed by atoms with E-state index in [0.29, 0.717) is 0 Å². The summed E-state index contributed by atoms with van der Waals surface area (Å²) in [5, 5.41) is 17.3. The lowest BCUT2D eigenvalue weighted by Gasteiger charge is -2.38. The molecule has 62 valence electrons. The summed E-state index contributed by atoms with van der Waals surface area (Å²) in [5.74, 6) is 0. The van der Waals surface area contributed by atoms with E-state index in [4.69, 9.17) is 10.4 Å². The van der Waals surface area contributed by atoms with Crippen LogP contribution in [0.4, 0.5) is 0 Å². The van der Waals surface area contributed by atoms with Crippen LogP contribution >= 0.6 is 0 Å². The molecule has 0 radical (unpaired) electrons. The van der Waals surface area contributed by atoms with Gasteiger partial charge in [-0.25, -0.2) is 0 Å². The van der Waals surface area contributed by atoms with Gasteiger partial charge in [-0.1, -0.05) is 0 Å². The molecule has 0 saturated carbocycles. The van der Waals surface area contributed by atoms with E-state index in [1.54, 1.807) is 27.7 Å². The zero-order chi connectivity index (χ0) is 8.41. The van der Waals surface area contributed by atoms with Crippen molar-refractivity contribution >= 4 is 0 Å². The monoisotopic (exact) mass is 148 g/mol. The van der Waals surface area contributed by atoms with Gasteiger partial charge in [0.1, 0.15) is 0 Å². The van der Waals surface area contributed by atoms with Crippen LogP contribution in [0, 0.1) is 0 Å². The molecule has 0 aromatic rings. The Morgan fingerprint density at radius 3 is 1.10 bits per heavy atom. The Morgan fingerprint density at radius 1 is 0.800 bits per heavy atom. The van der Waals surface area contributed by atoms with Crippen molar-refractivity contribution < 1.29 is 10.4 Å². The SMILES string of the molecule is CC(C)(NO)C(C)(C)NO. The zero-order valence-electron chi connectivity index (χ0n) is 6.89. The molecule has 0 aromatic carbocycles. The Labute approximate surface area is 61.2 Å². The number of rotatable bonds is 3. The molecular formula is C6H16N2O2. The largest absolute Gasteiger partial charge is 0.316 e. The van der Waals surface area contributed by atoms with Crippen LogP contribution in [-0.2, 0) is 0 Å². The van der Waals surface area contributed by atoms with Crippen molar-refractivity contribution in [3.63, 3.8) is 0 Å². The highest BCUT2D eigenvalue weighted by Gasteiger charge is 2.36. The lowest BCUT2D eigenvalue weighted by Crippen LogP contribution is -2.61. The van der Waals surface area contributed by atoms with Crippen molar-refractivity contribution in [1.82, 2.24) is 11.0 Å². The van der Waals surface area contributed by atoms with Crippen molar-refractivity contribution in [2.45, 2.75) is 38.8 Å². The van der Waals surface area contributed by atoms with Gasteiger partial charge in [-0.15, -0.1) is 0 Å². The quantitative estimate of drug-likeness (QED) is 0.440. The van der Waals surface area contributed by atoms with Crippen LogP contribution in [-0.4, -0.2) is 21.5 Å². The van der Waals surface area contributed by atoms with Crippen LogP contribution in [0.25, 0.3) is 0 Å². The van der Waals surface area contributed by atoms with Crippen LogP contribution in [0.15, 0.2) is 0 Å². The van der Waals surface area contributed by atoms with Gasteiger partial charge in [-0.3, -0.25) is 0 Å². The fourth-order valence-electron chi connectivity index (χ4n) is 0.280. The summed E-state index contributed by atoms with van der Waals surface area (Å²) in [6, 6.07) is 0. The summed E-state index contributed by atoms with van der Waals surface area (Å²) in [5.41, 5.74) is 3.08. The topological polar surface area (TPSA) is 64.5 Å². The van der Waals surface area contributed by atoms with E-state index in [0.717, 1.165) is 0 Å². The molecular weight excluding hydrogens is 132 g/mol. The van der Waals surface area contributed by atoms with Gasteiger partial charge in [0.25, 0.3) is 0 Å². The standard InChI is InChI=1S/C6H16N2O2/c1-5(2,7-9)6(3,4)8-10/h7-10H,1-4H3. The molecule has 0 fully saturated rings. The van der Waals surface area contributed by atoms with Crippen LogP contribution in [0.2, 0.25) is 0 Å². The molecule has 0 bridgehead atoms. The molecule has 0 atom stereocenters. The highest BCUT2D eigenvalue weighted by Crippen LogP contribution is 2.18. The summed E-state index contributed by atoms with van der Waals surface area (Å²) < 4.78 is 0. The third-order valence-corrected chi connectivity index (χ3v) is 2.12. The van der Waals surface area contributed by atoms with Crippen LogP contribution < -0.4 is 11.0 Å². The van der Waals surface area contributed by atoms with Crippen molar-refractivity contribution in [1.29, 1.82) is 0 Å². The predicted octanol–water partition coefficient (Wildman–Crippen LogP) is 0.501. The first kappa shape index (κ1) is 9.84. The van der Waals surface area contributed by atoms with Crippen molar-refractivity contribution in [2.75, 3.05) is 0 Å². The van der Waals surface area contributed by atoms with E-state index in [2.05, 4.69) is 11.0 Å². The lowest BCUT2D eigenvalue weighted by atomic mass is 9.84. The van der Waals surface area contributed by atoms with Crippen molar-refractivity contribution in [3.8, 4) is 0 Å². The van der Waals surface area contributed by atoms with Gasteiger partial charge in [-0.2, -0.15) is 11.0 Å². The van der Waals surface area contributed by atoms with Crippen LogP contribution in [0.5, 0.6) is 0 Å². The highest BCUT2D eigenvalue weighted by molar-refractivity contribution is 4.95. The summed E-state index contributed by atoms with van der Waals surface area (Å²) in [4.78, 5) is 0. The van der Waals surface area contributed by atoms with E-state index >= 15 is 0 Å².